The molecule has 7 aromatic rings. The monoisotopic (exact) mass is 821 g/mol. The van der Waals surface area contributed by atoms with E-state index in [1.54, 1.807) is 26.2 Å². The standard InChI is InChI=1S/C49H51N5O7/c1-7-60-48(55)46-38(22-14-24-61-41-23-12-18-33-15-10-11-19-36(33)41)37-20-13-21-39-44-31(2)52(3)51-40(44)30-53(28-34-16-8-9-17-35(34)29-54(46)45(37)39)49(56)50-27-32-25-42(57-4)47(59-6)43(26-32)58-5/h8-13,15-21,23,25-26H,7,14,22,24,27-30H2,1-6H3,(H,50,56). The van der Waals surface area contributed by atoms with E-state index in [-0.39, 0.29) is 31.7 Å². The van der Waals surface area contributed by atoms with Crippen LogP contribution in [0, 0.1) is 6.92 Å². The molecule has 0 radical (unpaired) electrons. The molecule has 0 saturated heterocycles. The lowest BCUT2D eigenvalue weighted by Gasteiger charge is -2.24. The summed E-state index contributed by atoms with van der Waals surface area (Å²) in [5, 5.41) is 11.3. The van der Waals surface area contributed by atoms with Gasteiger partial charge in [-0.3, -0.25) is 4.68 Å². The maximum absolute atomic E-state index is 14.4. The van der Waals surface area contributed by atoms with Gasteiger partial charge < -0.3 is 38.5 Å². The Hall–Kier alpha value is -6.95. The lowest BCUT2D eigenvalue weighted by atomic mass is 9.98. The van der Waals surface area contributed by atoms with Crippen molar-refractivity contribution in [1.29, 1.82) is 0 Å². The maximum Gasteiger partial charge on any atom is 0.355 e. The van der Waals surface area contributed by atoms with Gasteiger partial charge in [0.15, 0.2) is 11.5 Å². The molecule has 0 spiro atoms. The van der Waals surface area contributed by atoms with Gasteiger partial charge in [-0.1, -0.05) is 78.9 Å². The zero-order valence-corrected chi connectivity index (χ0v) is 35.5. The van der Waals surface area contributed by atoms with Crippen molar-refractivity contribution in [1.82, 2.24) is 24.6 Å². The molecule has 0 aliphatic carbocycles. The number of para-hydroxylation sites is 1. The van der Waals surface area contributed by atoms with Gasteiger partial charge in [-0.25, -0.2) is 9.59 Å². The Labute approximate surface area is 355 Å². The number of carbonyl (C=O) groups is 2. The van der Waals surface area contributed by atoms with Gasteiger partial charge in [0.05, 0.1) is 52.3 Å². The summed E-state index contributed by atoms with van der Waals surface area (Å²) in [6.45, 7) is 5.68. The zero-order chi connectivity index (χ0) is 42.6. The van der Waals surface area contributed by atoms with E-state index in [1.165, 1.54) is 0 Å². The van der Waals surface area contributed by atoms with Crippen LogP contribution >= 0.6 is 0 Å². The summed E-state index contributed by atoms with van der Waals surface area (Å²) in [6.07, 6.45) is 1.26. The highest BCUT2D eigenvalue weighted by atomic mass is 16.5. The maximum atomic E-state index is 14.4. The fourth-order valence-corrected chi connectivity index (χ4v) is 8.57. The van der Waals surface area contributed by atoms with E-state index in [9.17, 15) is 9.59 Å². The van der Waals surface area contributed by atoms with Crippen molar-refractivity contribution in [2.45, 2.75) is 52.9 Å². The number of urea groups is 1. The van der Waals surface area contributed by atoms with E-state index >= 15 is 0 Å². The fourth-order valence-electron chi connectivity index (χ4n) is 8.57. The first kappa shape index (κ1) is 40.8. The highest BCUT2D eigenvalue weighted by molar-refractivity contribution is 6.05. The largest absolute Gasteiger partial charge is 0.493 e. The minimum atomic E-state index is -0.377. The lowest BCUT2D eigenvalue weighted by molar-refractivity contribution is 0.0513. The first-order valence-electron chi connectivity index (χ1n) is 20.6. The van der Waals surface area contributed by atoms with Crippen molar-refractivity contribution in [2.24, 2.45) is 7.05 Å². The van der Waals surface area contributed by atoms with Gasteiger partial charge in [-0.2, -0.15) is 5.10 Å². The van der Waals surface area contributed by atoms with E-state index in [1.807, 2.05) is 86.2 Å². The van der Waals surface area contributed by atoms with E-state index < -0.39 is 0 Å². The van der Waals surface area contributed by atoms with Crippen LogP contribution in [-0.2, 0) is 44.4 Å². The van der Waals surface area contributed by atoms with Crippen LogP contribution in [0.4, 0.5) is 4.79 Å². The Bertz CT molecular complexity index is 2720. The smallest absolute Gasteiger partial charge is 0.355 e. The molecule has 0 fully saturated rings. The Balaban J connectivity index is 1.19. The van der Waals surface area contributed by atoms with E-state index in [2.05, 4.69) is 46.3 Å². The molecule has 12 nitrogen and oxygen atoms in total. The quantitative estimate of drug-likeness (QED) is 0.0959. The van der Waals surface area contributed by atoms with Crippen LogP contribution in [-0.4, -0.2) is 65.8 Å². The predicted octanol–water partition coefficient (Wildman–Crippen LogP) is 8.99. The van der Waals surface area contributed by atoms with Crippen molar-refractivity contribution < 1.29 is 33.3 Å². The number of aryl methyl sites for hydroxylation is 2. The van der Waals surface area contributed by atoms with E-state index in [4.69, 9.17) is 28.8 Å². The molecule has 61 heavy (non-hydrogen) atoms. The number of methoxy groups -OCH3 is 3. The molecule has 8 rings (SSSR count). The molecule has 0 atom stereocenters. The molecular weight excluding hydrogens is 771 g/mol. The molecule has 3 heterocycles. The average Bonchev–Trinajstić information content (AvgIpc) is 3.74. The number of ether oxygens (including phenoxy) is 5. The van der Waals surface area contributed by atoms with Gasteiger partial charge in [0.25, 0.3) is 0 Å². The van der Waals surface area contributed by atoms with Crippen molar-refractivity contribution in [2.75, 3.05) is 34.5 Å². The highest BCUT2D eigenvalue weighted by Crippen LogP contribution is 2.41. The van der Waals surface area contributed by atoms with Gasteiger partial charge in [0, 0.05) is 54.3 Å². The Morgan fingerprint density at radius 1 is 0.787 bits per heavy atom. The topological polar surface area (TPSA) is 118 Å². The number of hydrogen-bond donors (Lipinski definition) is 1. The predicted molar refractivity (Wildman–Crippen MR) is 236 cm³/mol. The lowest BCUT2D eigenvalue weighted by Crippen LogP contribution is -2.39. The Morgan fingerprint density at radius 3 is 2.21 bits per heavy atom. The number of rotatable bonds is 12. The van der Waals surface area contributed by atoms with E-state index in [0.717, 1.165) is 72.2 Å². The third-order valence-electron chi connectivity index (χ3n) is 11.5. The van der Waals surface area contributed by atoms with Crippen LogP contribution < -0.4 is 24.3 Å². The molecule has 0 bridgehead atoms. The summed E-state index contributed by atoms with van der Waals surface area (Å²) < 4.78 is 32.8. The van der Waals surface area contributed by atoms with Gasteiger partial charge in [0.1, 0.15) is 11.4 Å². The van der Waals surface area contributed by atoms with Crippen LogP contribution in [0.3, 0.4) is 0 Å². The van der Waals surface area contributed by atoms with Crippen LogP contribution in [0.2, 0.25) is 0 Å². The molecule has 2 aromatic heterocycles. The normalized spacial score (nSPS) is 12.3. The van der Waals surface area contributed by atoms with Gasteiger partial charge in [0.2, 0.25) is 5.75 Å². The van der Waals surface area contributed by atoms with Gasteiger partial charge in [-0.05, 0) is 72.5 Å². The Morgan fingerprint density at radius 2 is 1.48 bits per heavy atom. The first-order chi connectivity index (χ1) is 29.7. The van der Waals surface area contributed by atoms with Crippen LogP contribution in [0.5, 0.6) is 23.0 Å². The minimum absolute atomic E-state index is 0.214. The molecule has 5 aromatic carbocycles. The number of nitrogens with zero attached hydrogens (tertiary/aromatic N) is 4. The molecule has 12 heteroatoms. The third kappa shape index (κ3) is 7.93. The third-order valence-corrected chi connectivity index (χ3v) is 11.5. The second kappa shape index (κ2) is 17.7. The van der Waals surface area contributed by atoms with Crippen molar-refractivity contribution in [3.8, 4) is 34.1 Å². The van der Waals surface area contributed by atoms with Crippen molar-refractivity contribution in [3.05, 3.63) is 136 Å². The number of nitrogens with one attached hydrogen (secondary N) is 1. The second-order valence-electron chi connectivity index (χ2n) is 15.1. The number of amides is 2. The van der Waals surface area contributed by atoms with Crippen molar-refractivity contribution in [3.63, 3.8) is 0 Å². The SMILES string of the molecule is CCOC(=O)c1c(CCCOc2cccc3ccccc23)c2cccc3c2n1Cc1ccccc1CN(C(=O)NCc1cc(OC)c(OC)c(OC)c1)Cc1nn(C)c(C)c1-3. The summed E-state index contributed by atoms with van der Waals surface area (Å²) in [5.74, 6) is 1.94. The fraction of sp³-hybridized carbons (Fsp3) is 0.286. The minimum Gasteiger partial charge on any atom is -0.493 e. The molecule has 0 unspecified atom stereocenters. The van der Waals surface area contributed by atoms with Crippen LogP contribution in [0.25, 0.3) is 32.8 Å². The van der Waals surface area contributed by atoms with Gasteiger partial charge >= 0.3 is 12.0 Å². The highest BCUT2D eigenvalue weighted by Gasteiger charge is 2.30. The number of aromatic nitrogens is 3. The zero-order valence-electron chi connectivity index (χ0n) is 35.5. The number of benzene rings is 5. The first-order valence-corrected chi connectivity index (χ1v) is 20.6. The number of fused-ring (bicyclic) bond motifs is 4. The number of carbonyl (C=O) groups excluding carboxylic acids is 2. The molecule has 1 aliphatic heterocycles. The Kier molecular flexibility index (Phi) is 11.9. The summed E-state index contributed by atoms with van der Waals surface area (Å²) >= 11 is 0. The van der Waals surface area contributed by atoms with Crippen molar-refractivity contribution >= 4 is 33.7 Å². The van der Waals surface area contributed by atoms with E-state index in [0.29, 0.717) is 55.5 Å². The van der Waals surface area contributed by atoms with Crippen LogP contribution in [0.15, 0.2) is 97.1 Å². The average molecular weight is 822 g/mol. The molecule has 1 N–H and O–H groups in total. The summed E-state index contributed by atoms with van der Waals surface area (Å²) in [5.41, 5.74) is 8.59. The van der Waals surface area contributed by atoms with Crippen LogP contribution in [0.1, 0.15) is 57.5 Å². The summed E-state index contributed by atoms with van der Waals surface area (Å²) in [7, 11) is 6.61. The summed E-state index contributed by atoms with van der Waals surface area (Å²) in [6, 6.07) is 32.0. The molecular formula is C49H51N5O7. The number of hydrogen-bond acceptors (Lipinski definition) is 8. The molecule has 314 valence electrons. The number of esters is 1. The van der Waals surface area contributed by atoms with Gasteiger partial charge in [-0.15, -0.1) is 0 Å². The second-order valence-corrected chi connectivity index (χ2v) is 15.1. The molecule has 1 aliphatic rings. The molecule has 0 saturated carbocycles. The summed E-state index contributed by atoms with van der Waals surface area (Å²) in [4.78, 5) is 30.4. The molecule has 2 amide bonds.